The molecule has 0 radical (unpaired) electrons. The number of aryl methyl sites for hydroxylation is 1. The molecule has 0 unspecified atom stereocenters. The minimum Gasteiger partial charge on any atom is -0.492 e. The van der Waals surface area contributed by atoms with Crippen LogP contribution in [0.1, 0.15) is 22.7 Å². The Morgan fingerprint density at radius 3 is 2.62 bits per heavy atom. The van der Waals surface area contributed by atoms with Crippen molar-refractivity contribution in [2.24, 2.45) is 0 Å². The number of urea groups is 1. The number of nitrogens with one attached hydrogen (secondary N) is 1. The molecule has 1 N–H and O–H groups in total. The van der Waals surface area contributed by atoms with Gasteiger partial charge in [-0.25, -0.2) is 4.79 Å². The predicted molar refractivity (Wildman–Crippen MR) is 114 cm³/mol. The third kappa shape index (κ3) is 5.95. The average molecular weight is 398 g/mol. The molecule has 1 aliphatic heterocycles. The van der Waals surface area contributed by atoms with Crippen molar-refractivity contribution in [3.05, 3.63) is 65.2 Å². The Kier molecular flexibility index (Phi) is 7.49. The fourth-order valence-electron chi connectivity index (χ4n) is 3.46. The summed E-state index contributed by atoms with van der Waals surface area (Å²) in [6.07, 6.45) is 0. The van der Waals surface area contributed by atoms with Gasteiger partial charge in [0.15, 0.2) is 0 Å². The van der Waals surface area contributed by atoms with E-state index in [1.807, 2.05) is 42.2 Å². The van der Waals surface area contributed by atoms with Gasteiger partial charge in [-0.1, -0.05) is 42.5 Å². The lowest BCUT2D eigenvalue weighted by Crippen LogP contribution is -2.28. The van der Waals surface area contributed by atoms with Crippen LogP contribution in [0.5, 0.6) is 5.75 Å². The second-order valence-corrected chi connectivity index (χ2v) is 7.54. The quantitative estimate of drug-likeness (QED) is 0.669. The van der Waals surface area contributed by atoms with Gasteiger partial charge >= 0.3 is 6.03 Å². The third-order valence-electron chi connectivity index (χ3n) is 5.21. The topological polar surface area (TPSA) is 54.0 Å². The summed E-state index contributed by atoms with van der Waals surface area (Å²) in [6, 6.07) is 16.3. The fraction of sp³-hybridized carbons (Fsp3) is 0.435. The summed E-state index contributed by atoms with van der Waals surface area (Å²) in [4.78, 5) is 16.4. The second-order valence-electron chi connectivity index (χ2n) is 7.54. The van der Waals surface area contributed by atoms with Gasteiger partial charge < -0.3 is 24.6 Å². The molecule has 2 aromatic rings. The molecule has 0 saturated carbocycles. The van der Waals surface area contributed by atoms with Gasteiger partial charge in [-0.15, -0.1) is 0 Å². The highest BCUT2D eigenvalue weighted by Crippen LogP contribution is 2.24. The standard InChI is InChI=1S/C23H31N3O3/c1-18-15-19(9-10-22(18)29-14-12-25(2)11-13-28-3)16-26-17-21(24-23(26)27)20-7-5-4-6-8-20/h4-10,15,21H,11-14,16-17H2,1-3H3,(H,24,27)/t21-/m1/s1. The highest BCUT2D eigenvalue weighted by molar-refractivity contribution is 5.77. The molecule has 0 aromatic heterocycles. The molecular weight excluding hydrogens is 366 g/mol. The van der Waals surface area contributed by atoms with Crippen LogP contribution in [0.3, 0.4) is 0 Å². The molecule has 2 aromatic carbocycles. The molecule has 1 atom stereocenters. The van der Waals surface area contributed by atoms with Crippen molar-refractivity contribution in [2.45, 2.75) is 19.5 Å². The number of rotatable bonds is 10. The Balaban J connectivity index is 1.52. The summed E-state index contributed by atoms with van der Waals surface area (Å²) < 4.78 is 11.0. The van der Waals surface area contributed by atoms with Crippen LogP contribution in [-0.4, -0.2) is 62.8 Å². The van der Waals surface area contributed by atoms with Gasteiger partial charge in [0.05, 0.1) is 12.6 Å². The zero-order chi connectivity index (χ0) is 20.6. The molecule has 1 fully saturated rings. The van der Waals surface area contributed by atoms with Gasteiger partial charge in [0.1, 0.15) is 12.4 Å². The Bertz CT molecular complexity index is 797. The van der Waals surface area contributed by atoms with Crippen molar-refractivity contribution in [1.29, 1.82) is 0 Å². The molecule has 29 heavy (non-hydrogen) atoms. The number of carbonyl (C=O) groups is 1. The van der Waals surface area contributed by atoms with Crippen molar-refractivity contribution in [1.82, 2.24) is 15.1 Å². The monoisotopic (exact) mass is 397 g/mol. The summed E-state index contributed by atoms with van der Waals surface area (Å²) in [5, 5.41) is 3.07. The zero-order valence-corrected chi connectivity index (χ0v) is 17.6. The van der Waals surface area contributed by atoms with Crippen molar-refractivity contribution in [3.63, 3.8) is 0 Å². The third-order valence-corrected chi connectivity index (χ3v) is 5.21. The van der Waals surface area contributed by atoms with E-state index in [2.05, 4.69) is 35.5 Å². The minimum atomic E-state index is -0.0177. The number of hydrogen-bond donors (Lipinski definition) is 1. The number of benzene rings is 2. The lowest BCUT2D eigenvalue weighted by atomic mass is 10.1. The number of amides is 2. The maximum absolute atomic E-state index is 12.4. The van der Waals surface area contributed by atoms with Crippen molar-refractivity contribution < 1.29 is 14.3 Å². The maximum atomic E-state index is 12.4. The summed E-state index contributed by atoms with van der Waals surface area (Å²) >= 11 is 0. The van der Waals surface area contributed by atoms with E-state index in [-0.39, 0.29) is 12.1 Å². The van der Waals surface area contributed by atoms with Crippen molar-refractivity contribution in [3.8, 4) is 5.75 Å². The van der Waals surface area contributed by atoms with E-state index >= 15 is 0 Å². The number of methoxy groups -OCH3 is 1. The van der Waals surface area contributed by atoms with Crippen molar-refractivity contribution >= 4 is 6.03 Å². The zero-order valence-electron chi connectivity index (χ0n) is 17.6. The van der Waals surface area contributed by atoms with Crippen LogP contribution >= 0.6 is 0 Å². The summed E-state index contributed by atoms with van der Waals surface area (Å²) in [5.41, 5.74) is 3.33. The molecule has 0 aliphatic carbocycles. The Labute approximate surface area is 173 Å². The van der Waals surface area contributed by atoms with Crippen LogP contribution in [0.15, 0.2) is 48.5 Å². The van der Waals surface area contributed by atoms with E-state index in [1.165, 1.54) is 0 Å². The summed E-state index contributed by atoms with van der Waals surface area (Å²) in [5.74, 6) is 0.891. The van der Waals surface area contributed by atoms with Crippen LogP contribution in [0.4, 0.5) is 4.79 Å². The average Bonchev–Trinajstić information content (AvgIpc) is 3.09. The molecule has 1 heterocycles. The number of carbonyl (C=O) groups excluding carboxylic acids is 1. The van der Waals surface area contributed by atoms with Gasteiger partial charge in [0, 0.05) is 33.3 Å². The first kappa shape index (κ1) is 21.1. The molecule has 3 rings (SSSR count). The van der Waals surface area contributed by atoms with Crippen LogP contribution in [0, 0.1) is 6.92 Å². The van der Waals surface area contributed by atoms with E-state index in [0.29, 0.717) is 19.7 Å². The largest absolute Gasteiger partial charge is 0.492 e. The predicted octanol–water partition coefficient (Wildman–Crippen LogP) is 3.22. The van der Waals surface area contributed by atoms with Crippen molar-refractivity contribution in [2.75, 3.05) is 47.0 Å². The maximum Gasteiger partial charge on any atom is 0.318 e. The molecule has 2 amide bonds. The number of ether oxygens (including phenoxy) is 2. The number of likely N-dealkylation sites (N-methyl/N-ethyl adjacent to an activating group) is 1. The van der Waals surface area contributed by atoms with Crippen LogP contribution in [-0.2, 0) is 11.3 Å². The van der Waals surface area contributed by atoms with Gasteiger partial charge in [0.25, 0.3) is 0 Å². The van der Waals surface area contributed by atoms with Crippen LogP contribution in [0.25, 0.3) is 0 Å². The highest BCUT2D eigenvalue weighted by Gasteiger charge is 2.29. The lowest BCUT2D eigenvalue weighted by Gasteiger charge is -2.18. The van der Waals surface area contributed by atoms with Gasteiger partial charge in [-0.3, -0.25) is 0 Å². The molecule has 1 aliphatic rings. The summed E-state index contributed by atoms with van der Waals surface area (Å²) in [7, 11) is 3.77. The van der Waals surface area contributed by atoms with Gasteiger partial charge in [-0.2, -0.15) is 0 Å². The Morgan fingerprint density at radius 1 is 1.14 bits per heavy atom. The van der Waals surface area contributed by atoms with E-state index < -0.39 is 0 Å². The molecule has 6 nitrogen and oxygen atoms in total. The van der Waals surface area contributed by atoms with E-state index in [0.717, 1.165) is 42.1 Å². The molecule has 0 bridgehead atoms. The van der Waals surface area contributed by atoms with E-state index in [4.69, 9.17) is 9.47 Å². The molecule has 1 saturated heterocycles. The number of hydrogen-bond acceptors (Lipinski definition) is 4. The SMILES string of the molecule is COCCN(C)CCOc1ccc(CN2C[C@H](c3ccccc3)NC2=O)cc1C. The van der Waals surface area contributed by atoms with Gasteiger partial charge in [0.2, 0.25) is 0 Å². The molecule has 0 spiro atoms. The van der Waals surface area contributed by atoms with E-state index in [9.17, 15) is 4.79 Å². The lowest BCUT2D eigenvalue weighted by molar-refractivity contribution is 0.150. The smallest absolute Gasteiger partial charge is 0.318 e. The minimum absolute atomic E-state index is 0.0177. The first-order valence-electron chi connectivity index (χ1n) is 10.1. The highest BCUT2D eigenvalue weighted by atomic mass is 16.5. The molecular formula is C23H31N3O3. The number of nitrogens with zero attached hydrogens (tertiary/aromatic N) is 2. The fourth-order valence-corrected chi connectivity index (χ4v) is 3.46. The summed E-state index contributed by atoms with van der Waals surface area (Å²) in [6.45, 7) is 6.40. The normalized spacial score (nSPS) is 16.3. The molecule has 156 valence electrons. The Morgan fingerprint density at radius 2 is 1.90 bits per heavy atom. The molecule has 6 heteroatoms. The van der Waals surface area contributed by atoms with E-state index in [1.54, 1.807) is 7.11 Å². The van der Waals surface area contributed by atoms with Crippen LogP contribution in [0.2, 0.25) is 0 Å². The first-order chi connectivity index (χ1) is 14.1. The van der Waals surface area contributed by atoms with Gasteiger partial charge in [-0.05, 0) is 36.7 Å². The second kappa shape index (κ2) is 10.3. The Hall–Kier alpha value is -2.57. The van der Waals surface area contributed by atoms with Crippen LogP contribution < -0.4 is 10.1 Å². The first-order valence-corrected chi connectivity index (χ1v) is 10.1.